The van der Waals surface area contributed by atoms with Crippen molar-refractivity contribution in [3.05, 3.63) is 17.2 Å². The number of hydrogen-bond donors (Lipinski definition) is 2. The van der Waals surface area contributed by atoms with Crippen molar-refractivity contribution in [3.8, 4) is 0 Å². The fourth-order valence-electron chi connectivity index (χ4n) is 2.18. The van der Waals surface area contributed by atoms with Crippen LogP contribution >= 0.6 is 0 Å². The second-order valence-electron chi connectivity index (χ2n) is 4.35. The molecule has 1 fully saturated rings. The Labute approximate surface area is 93.7 Å². The number of aryl methyl sites for hydroxylation is 1. The largest absolute Gasteiger partial charge is 0.346 e. The smallest absolute Gasteiger partial charge is 0.282 e. The number of nitrogens with one attached hydrogen (secondary N) is 2. The molecule has 2 N–H and O–H groups in total. The number of aromatic nitrogens is 2. The quantitative estimate of drug-likeness (QED) is 0.835. The number of aromatic amines is 1. The molecule has 0 aromatic carbocycles. The van der Waals surface area contributed by atoms with Crippen LogP contribution in [0.3, 0.4) is 0 Å². The highest BCUT2D eigenvalue weighted by Crippen LogP contribution is 2.21. The Morgan fingerprint density at radius 1 is 1.44 bits per heavy atom. The fourth-order valence-corrected chi connectivity index (χ4v) is 2.18. The topological polar surface area (TPSA) is 40.7 Å². The lowest BCUT2D eigenvalue weighted by Gasteiger charge is -2.22. The van der Waals surface area contributed by atoms with Crippen LogP contribution in [-0.4, -0.2) is 22.6 Å². The minimum atomic E-state index is -2.48. The van der Waals surface area contributed by atoms with Gasteiger partial charge in [-0.25, -0.2) is 13.8 Å². The van der Waals surface area contributed by atoms with Crippen molar-refractivity contribution in [2.75, 3.05) is 6.54 Å². The van der Waals surface area contributed by atoms with Crippen molar-refractivity contribution in [2.45, 2.75) is 45.1 Å². The number of imidazole rings is 1. The molecule has 2 rings (SSSR count). The SMILES string of the molecule is Cc1[nH]c(CC2CCCCN2)nc1C(F)F. The van der Waals surface area contributed by atoms with Crippen molar-refractivity contribution in [2.24, 2.45) is 0 Å². The van der Waals surface area contributed by atoms with Crippen molar-refractivity contribution >= 4 is 0 Å². The second-order valence-corrected chi connectivity index (χ2v) is 4.35. The Kier molecular flexibility index (Phi) is 3.53. The molecule has 1 aromatic heterocycles. The summed E-state index contributed by atoms with van der Waals surface area (Å²) < 4.78 is 25.0. The Balaban J connectivity index is 2.01. The average Bonchev–Trinajstić information content (AvgIpc) is 2.61. The molecule has 3 nitrogen and oxygen atoms in total. The van der Waals surface area contributed by atoms with E-state index in [4.69, 9.17) is 0 Å². The molecule has 1 unspecified atom stereocenters. The Bertz CT molecular complexity index is 343. The number of alkyl halides is 2. The third-order valence-electron chi connectivity index (χ3n) is 3.03. The Morgan fingerprint density at radius 2 is 2.25 bits per heavy atom. The number of H-pyrrole nitrogens is 1. The van der Waals surface area contributed by atoms with E-state index in [1.54, 1.807) is 6.92 Å². The van der Waals surface area contributed by atoms with E-state index in [-0.39, 0.29) is 5.69 Å². The molecule has 0 spiro atoms. The van der Waals surface area contributed by atoms with Crippen LogP contribution in [-0.2, 0) is 6.42 Å². The first kappa shape index (κ1) is 11.5. The van der Waals surface area contributed by atoms with Gasteiger partial charge in [0.15, 0.2) is 0 Å². The predicted molar refractivity (Wildman–Crippen MR) is 57.6 cm³/mol. The minimum Gasteiger partial charge on any atom is -0.346 e. The number of rotatable bonds is 3. The number of hydrogen-bond acceptors (Lipinski definition) is 2. The zero-order valence-electron chi connectivity index (χ0n) is 9.39. The van der Waals surface area contributed by atoms with E-state index < -0.39 is 6.43 Å². The molecule has 90 valence electrons. The molecule has 0 amide bonds. The van der Waals surface area contributed by atoms with Gasteiger partial charge in [-0.3, -0.25) is 0 Å². The first-order chi connectivity index (χ1) is 7.66. The third kappa shape index (κ3) is 2.58. The molecule has 0 aliphatic carbocycles. The first-order valence-electron chi connectivity index (χ1n) is 5.73. The highest BCUT2D eigenvalue weighted by molar-refractivity contribution is 5.14. The molecule has 1 saturated heterocycles. The summed E-state index contributed by atoms with van der Waals surface area (Å²) in [6.07, 6.45) is 1.75. The van der Waals surface area contributed by atoms with Gasteiger partial charge in [-0.15, -0.1) is 0 Å². The molecule has 1 aliphatic rings. The van der Waals surface area contributed by atoms with Gasteiger partial charge in [0.05, 0.1) is 0 Å². The average molecular weight is 229 g/mol. The number of nitrogens with zero attached hydrogens (tertiary/aromatic N) is 1. The number of piperidine rings is 1. The minimum absolute atomic E-state index is 0.106. The lowest BCUT2D eigenvalue weighted by atomic mass is 10.0. The molecule has 0 bridgehead atoms. The fraction of sp³-hybridized carbons (Fsp3) is 0.727. The third-order valence-corrected chi connectivity index (χ3v) is 3.03. The van der Waals surface area contributed by atoms with Crippen LogP contribution in [0.5, 0.6) is 0 Å². The molecule has 1 aromatic rings. The van der Waals surface area contributed by atoms with Crippen LogP contribution in [0.2, 0.25) is 0 Å². The van der Waals surface area contributed by atoms with E-state index in [9.17, 15) is 8.78 Å². The van der Waals surface area contributed by atoms with Crippen molar-refractivity contribution in [1.82, 2.24) is 15.3 Å². The molecule has 1 atom stereocenters. The highest BCUT2D eigenvalue weighted by atomic mass is 19.3. The maximum absolute atomic E-state index is 12.5. The van der Waals surface area contributed by atoms with E-state index >= 15 is 0 Å². The van der Waals surface area contributed by atoms with E-state index in [0.29, 0.717) is 24.0 Å². The highest BCUT2D eigenvalue weighted by Gasteiger charge is 2.19. The van der Waals surface area contributed by atoms with E-state index in [0.717, 1.165) is 13.0 Å². The van der Waals surface area contributed by atoms with Gasteiger partial charge in [0, 0.05) is 18.2 Å². The van der Waals surface area contributed by atoms with Crippen LogP contribution in [0.25, 0.3) is 0 Å². The molecule has 0 saturated carbocycles. The number of halogens is 2. The summed E-state index contributed by atoms with van der Waals surface area (Å²) in [5.41, 5.74) is 0.381. The zero-order valence-corrected chi connectivity index (χ0v) is 9.39. The maximum atomic E-state index is 12.5. The summed E-state index contributed by atoms with van der Waals surface area (Å²) in [4.78, 5) is 6.90. The molecule has 2 heterocycles. The molecular weight excluding hydrogens is 212 g/mol. The van der Waals surface area contributed by atoms with Gasteiger partial charge in [-0.1, -0.05) is 6.42 Å². The van der Waals surface area contributed by atoms with Crippen LogP contribution < -0.4 is 5.32 Å². The standard InChI is InChI=1S/C11H17F2N3/c1-7-10(11(12)13)16-9(15-7)6-8-4-2-3-5-14-8/h8,11,14H,2-6H2,1H3,(H,15,16). The van der Waals surface area contributed by atoms with Crippen molar-refractivity contribution in [1.29, 1.82) is 0 Å². The van der Waals surface area contributed by atoms with Crippen molar-refractivity contribution in [3.63, 3.8) is 0 Å². The summed E-state index contributed by atoms with van der Waals surface area (Å²) in [6.45, 7) is 2.67. The first-order valence-corrected chi connectivity index (χ1v) is 5.73. The van der Waals surface area contributed by atoms with E-state index in [2.05, 4.69) is 15.3 Å². The van der Waals surface area contributed by atoms with Crippen LogP contribution in [0.4, 0.5) is 8.78 Å². The van der Waals surface area contributed by atoms with Crippen molar-refractivity contribution < 1.29 is 8.78 Å². The Hall–Kier alpha value is -0.970. The van der Waals surface area contributed by atoms with E-state index in [1.165, 1.54) is 12.8 Å². The normalized spacial score (nSPS) is 21.6. The summed E-state index contributed by atoms with van der Waals surface area (Å²) >= 11 is 0. The van der Waals surface area contributed by atoms with Gasteiger partial charge < -0.3 is 10.3 Å². The lowest BCUT2D eigenvalue weighted by molar-refractivity contribution is 0.145. The van der Waals surface area contributed by atoms with E-state index in [1.807, 2.05) is 0 Å². The monoisotopic (exact) mass is 229 g/mol. The maximum Gasteiger partial charge on any atom is 0.282 e. The molecular formula is C11H17F2N3. The summed E-state index contributed by atoms with van der Waals surface area (Å²) in [5.74, 6) is 0.673. The summed E-state index contributed by atoms with van der Waals surface area (Å²) in [6, 6.07) is 0.379. The van der Waals surface area contributed by atoms with Gasteiger partial charge in [0.1, 0.15) is 11.5 Å². The van der Waals surface area contributed by atoms with Crippen LogP contribution in [0, 0.1) is 6.92 Å². The Morgan fingerprint density at radius 3 is 2.81 bits per heavy atom. The predicted octanol–water partition coefficient (Wildman–Crippen LogP) is 2.34. The van der Waals surface area contributed by atoms with Gasteiger partial charge in [-0.2, -0.15) is 0 Å². The van der Waals surface area contributed by atoms with Gasteiger partial charge >= 0.3 is 0 Å². The van der Waals surface area contributed by atoms with Crippen LogP contribution in [0.1, 0.15) is 42.9 Å². The molecule has 5 heteroatoms. The molecule has 16 heavy (non-hydrogen) atoms. The molecule has 1 aliphatic heterocycles. The second kappa shape index (κ2) is 4.91. The van der Waals surface area contributed by atoms with Gasteiger partial charge in [0.25, 0.3) is 6.43 Å². The summed E-state index contributed by atoms with van der Waals surface area (Å²) in [5, 5.41) is 3.38. The zero-order chi connectivity index (χ0) is 11.5. The molecule has 0 radical (unpaired) electrons. The lowest BCUT2D eigenvalue weighted by Crippen LogP contribution is -2.35. The van der Waals surface area contributed by atoms with Gasteiger partial charge in [-0.05, 0) is 26.3 Å². The summed E-state index contributed by atoms with van der Waals surface area (Å²) in [7, 11) is 0. The van der Waals surface area contributed by atoms with Gasteiger partial charge in [0.2, 0.25) is 0 Å². The van der Waals surface area contributed by atoms with Crippen LogP contribution in [0.15, 0.2) is 0 Å².